The predicted molar refractivity (Wildman–Crippen MR) is 95.4 cm³/mol. The minimum absolute atomic E-state index is 0.129. The Morgan fingerprint density at radius 1 is 1.42 bits per heavy atom. The molecule has 136 valence electrons. The minimum Gasteiger partial charge on any atom is -0.493 e. The fraction of sp³-hybridized carbons (Fsp3) is 0.125. The molecule has 2 aromatic heterocycles. The average molecular weight is 400 g/mol. The SMILES string of the molecule is COc1ccc(NC(=O)/C=C/c2c(Cl)nc3sccn23)cc1OC(F)F. The van der Waals surface area contributed by atoms with Gasteiger partial charge in [0.25, 0.3) is 0 Å². The van der Waals surface area contributed by atoms with Crippen molar-refractivity contribution in [3.8, 4) is 11.5 Å². The second-order valence-electron chi connectivity index (χ2n) is 4.91. The Hall–Kier alpha value is -2.65. The van der Waals surface area contributed by atoms with Crippen molar-refractivity contribution in [3.05, 3.63) is 46.7 Å². The molecule has 3 aromatic rings. The second kappa shape index (κ2) is 7.71. The lowest BCUT2D eigenvalue weighted by molar-refractivity contribution is -0.111. The van der Waals surface area contributed by atoms with Gasteiger partial charge < -0.3 is 14.8 Å². The summed E-state index contributed by atoms with van der Waals surface area (Å²) in [5.41, 5.74) is 0.839. The summed E-state index contributed by atoms with van der Waals surface area (Å²) in [7, 11) is 1.33. The van der Waals surface area contributed by atoms with E-state index in [0.717, 1.165) is 0 Å². The molecule has 0 aliphatic rings. The van der Waals surface area contributed by atoms with Gasteiger partial charge in [-0.15, -0.1) is 11.3 Å². The van der Waals surface area contributed by atoms with E-state index in [0.29, 0.717) is 10.7 Å². The number of alkyl halides is 2. The van der Waals surface area contributed by atoms with Gasteiger partial charge in [0, 0.05) is 29.4 Å². The number of methoxy groups -OCH3 is 1. The molecule has 0 saturated heterocycles. The molecule has 0 fully saturated rings. The number of anilines is 1. The first-order valence-corrected chi connectivity index (χ1v) is 8.46. The minimum atomic E-state index is -3.01. The van der Waals surface area contributed by atoms with Gasteiger partial charge in [-0.1, -0.05) is 11.6 Å². The highest BCUT2D eigenvalue weighted by atomic mass is 35.5. The number of hydrogen-bond acceptors (Lipinski definition) is 5. The maximum Gasteiger partial charge on any atom is 0.387 e. The van der Waals surface area contributed by atoms with Crippen molar-refractivity contribution in [2.45, 2.75) is 6.61 Å². The second-order valence-corrected chi connectivity index (χ2v) is 6.14. The van der Waals surface area contributed by atoms with Crippen LogP contribution in [0.2, 0.25) is 5.15 Å². The Kier molecular flexibility index (Phi) is 5.38. The van der Waals surface area contributed by atoms with Crippen LogP contribution in [0.1, 0.15) is 5.69 Å². The highest BCUT2D eigenvalue weighted by molar-refractivity contribution is 7.15. The third kappa shape index (κ3) is 3.94. The van der Waals surface area contributed by atoms with E-state index in [9.17, 15) is 13.6 Å². The summed E-state index contributed by atoms with van der Waals surface area (Å²) in [5.74, 6) is -0.521. The largest absolute Gasteiger partial charge is 0.493 e. The lowest BCUT2D eigenvalue weighted by atomic mass is 10.2. The fourth-order valence-corrected chi connectivity index (χ4v) is 3.21. The molecule has 0 aliphatic carbocycles. The van der Waals surface area contributed by atoms with Crippen molar-refractivity contribution in [3.63, 3.8) is 0 Å². The molecule has 0 aliphatic heterocycles. The zero-order valence-corrected chi connectivity index (χ0v) is 14.9. The third-order valence-corrected chi connectivity index (χ3v) is 4.33. The van der Waals surface area contributed by atoms with Crippen molar-refractivity contribution < 1.29 is 23.0 Å². The molecule has 0 unspecified atom stereocenters. The molecule has 0 bridgehead atoms. The Bertz CT molecular complexity index is 971. The number of thiazole rings is 1. The summed E-state index contributed by atoms with van der Waals surface area (Å²) < 4.78 is 36.0. The van der Waals surface area contributed by atoms with E-state index >= 15 is 0 Å². The lowest BCUT2D eigenvalue weighted by Gasteiger charge is -2.11. The fourth-order valence-electron chi connectivity index (χ4n) is 2.21. The van der Waals surface area contributed by atoms with Crippen LogP contribution in [-0.2, 0) is 4.79 Å². The normalized spacial score (nSPS) is 11.4. The number of ether oxygens (including phenoxy) is 2. The van der Waals surface area contributed by atoms with Crippen molar-refractivity contribution in [2.75, 3.05) is 12.4 Å². The van der Waals surface area contributed by atoms with Gasteiger partial charge in [-0.25, -0.2) is 4.98 Å². The summed E-state index contributed by atoms with van der Waals surface area (Å²) >= 11 is 7.46. The summed E-state index contributed by atoms with van der Waals surface area (Å²) in [6.07, 6.45) is 4.57. The highest BCUT2D eigenvalue weighted by Crippen LogP contribution is 2.31. The number of imidazole rings is 1. The number of carbonyl (C=O) groups excluding carboxylic acids is 1. The van der Waals surface area contributed by atoms with E-state index < -0.39 is 12.5 Å². The molecule has 1 N–H and O–H groups in total. The van der Waals surface area contributed by atoms with E-state index in [1.54, 1.807) is 10.6 Å². The summed E-state index contributed by atoms with van der Waals surface area (Å²) in [4.78, 5) is 17.0. The Morgan fingerprint density at radius 3 is 2.96 bits per heavy atom. The number of nitrogens with one attached hydrogen (secondary N) is 1. The van der Waals surface area contributed by atoms with Crippen LogP contribution < -0.4 is 14.8 Å². The molecule has 1 aromatic carbocycles. The van der Waals surface area contributed by atoms with Gasteiger partial charge in [-0.05, 0) is 18.2 Å². The van der Waals surface area contributed by atoms with Gasteiger partial charge in [0.2, 0.25) is 5.91 Å². The number of fused-ring (bicyclic) bond motifs is 1. The first kappa shape index (κ1) is 18.2. The first-order valence-electron chi connectivity index (χ1n) is 7.21. The number of amides is 1. The molecule has 6 nitrogen and oxygen atoms in total. The van der Waals surface area contributed by atoms with Crippen LogP contribution in [0.25, 0.3) is 11.0 Å². The third-order valence-electron chi connectivity index (χ3n) is 3.29. The maximum absolute atomic E-state index is 12.5. The topological polar surface area (TPSA) is 64.9 Å². The van der Waals surface area contributed by atoms with Crippen LogP contribution in [-0.4, -0.2) is 29.0 Å². The zero-order valence-electron chi connectivity index (χ0n) is 13.3. The molecule has 26 heavy (non-hydrogen) atoms. The quantitative estimate of drug-likeness (QED) is 0.627. The van der Waals surface area contributed by atoms with Crippen LogP contribution in [0, 0.1) is 0 Å². The number of benzene rings is 1. The molecular formula is C16H12ClF2N3O3S. The molecular weight excluding hydrogens is 388 g/mol. The molecule has 10 heteroatoms. The molecule has 1 amide bonds. The Morgan fingerprint density at radius 2 is 2.23 bits per heavy atom. The van der Waals surface area contributed by atoms with E-state index in [1.807, 2.05) is 5.38 Å². The maximum atomic E-state index is 12.5. The van der Waals surface area contributed by atoms with E-state index in [4.69, 9.17) is 16.3 Å². The number of rotatable bonds is 6. The van der Waals surface area contributed by atoms with Gasteiger partial charge in [0.15, 0.2) is 21.6 Å². The number of aromatic nitrogens is 2. The smallest absolute Gasteiger partial charge is 0.387 e. The highest BCUT2D eigenvalue weighted by Gasteiger charge is 2.12. The van der Waals surface area contributed by atoms with Gasteiger partial charge >= 0.3 is 6.61 Å². The summed E-state index contributed by atoms with van der Waals surface area (Å²) in [5, 5.41) is 4.68. The Labute approximate surface area is 155 Å². The Balaban J connectivity index is 1.75. The monoisotopic (exact) mass is 399 g/mol. The summed E-state index contributed by atoms with van der Waals surface area (Å²) in [6, 6.07) is 4.17. The van der Waals surface area contributed by atoms with Crippen LogP contribution >= 0.6 is 22.9 Å². The average Bonchev–Trinajstić information content (AvgIpc) is 3.13. The first-order chi connectivity index (χ1) is 12.5. The lowest BCUT2D eigenvalue weighted by Crippen LogP contribution is -2.09. The van der Waals surface area contributed by atoms with Crippen molar-refractivity contribution >= 4 is 45.6 Å². The van der Waals surface area contributed by atoms with Crippen LogP contribution in [0.15, 0.2) is 35.9 Å². The zero-order chi connectivity index (χ0) is 18.7. The van der Waals surface area contributed by atoms with Crippen molar-refractivity contribution in [2.24, 2.45) is 0 Å². The van der Waals surface area contributed by atoms with Crippen LogP contribution in [0.5, 0.6) is 11.5 Å². The molecule has 0 atom stereocenters. The van der Waals surface area contributed by atoms with Gasteiger partial charge in [-0.3, -0.25) is 9.20 Å². The van der Waals surface area contributed by atoms with E-state index in [2.05, 4.69) is 15.0 Å². The van der Waals surface area contributed by atoms with Gasteiger partial charge in [0.05, 0.1) is 12.8 Å². The molecule has 2 heterocycles. The number of carbonyl (C=O) groups is 1. The van der Waals surface area contributed by atoms with Crippen LogP contribution in [0.4, 0.5) is 14.5 Å². The van der Waals surface area contributed by atoms with Crippen molar-refractivity contribution in [1.29, 1.82) is 0 Å². The van der Waals surface area contributed by atoms with Gasteiger partial charge in [-0.2, -0.15) is 8.78 Å². The summed E-state index contributed by atoms with van der Waals surface area (Å²) in [6.45, 7) is -3.01. The standard InChI is InChI=1S/C16H12ClF2N3O3S/c1-24-11-4-2-9(8-12(11)25-15(18)19)20-13(23)5-3-10-14(17)21-16-22(10)6-7-26-16/h2-8,15H,1H3,(H,20,23)/b5-3+. The van der Waals surface area contributed by atoms with E-state index in [1.165, 1.54) is 48.8 Å². The van der Waals surface area contributed by atoms with Crippen molar-refractivity contribution in [1.82, 2.24) is 9.38 Å². The van der Waals surface area contributed by atoms with Crippen LogP contribution in [0.3, 0.4) is 0 Å². The van der Waals surface area contributed by atoms with E-state index in [-0.39, 0.29) is 22.3 Å². The molecule has 0 spiro atoms. The predicted octanol–water partition coefficient (Wildman–Crippen LogP) is 4.31. The number of halogens is 3. The number of nitrogens with zero attached hydrogens (tertiary/aromatic N) is 2. The molecule has 0 radical (unpaired) electrons. The molecule has 3 rings (SSSR count). The number of hydrogen-bond donors (Lipinski definition) is 1. The molecule has 0 saturated carbocycles. The van der Waals surface area contributed by atoms with Gasteiger partial charge in [0.1, 0.15) is 0 Å².